The molecule has 7 rings (SSSR count). The summed E-state index contributed by atoms with van der Waals surface area (Å²) in [4.78, 5) is 34.7. The Labute approximate surface area is 243 Å². The van der Waals surface area contributed by atoms with Crippen molar-refractivity contribution in [1.29, 1.82) is 0 Å². The van der Waals surface area contributed by atoms with Crippen molar-refractivity contribution in [2.24, 2.45) is 15.9 Å². The number of H-pyrrole nitrogens is 1. The van der Waals surface area contributed by atoms with Crippen LogP contribution in [0.5, 0.6) is 0 Å². The molecule has 2 aromatic heterocycles. The van der Waals surface area contributed by atoms with Crippen LogP contribution in [0.4, 0.5) is 10.1 Å². The van der Waals surface area contributed by atoms with Gasteiger partial charge in [-0.2, -0.15) is 0 Å². The molecule has 2 aromatic carbocycles. The fraction of sp³-hybridized carbons (Fsp3) is 0.265. The zero-order valence-electron chi connectivity index (χ0n) is 23.6. The van der Waals surface area contributed by atoms with Gasteiger partial charge in [0.2, 0.25) is 5.91 Å². The second-order valence-electron chi connectivity index (χ2n) is 11.6. The van der Waals surface area contributed by atoms with Gasteiger partial charge in [0.05, 0.1) is 29.8 Å². The molecule has 3 heterocycles. The largest absolute Gasteiger partial charge is 0.339 e. The summed E-state index contributed by atoms with van der Waals surface area (Å²) < 4.78 is 15.1. The zero-order chi connectivity index (χ0) is 28.8. The molecule has 7 nitrogen and oxygen atoms in total. The van der Waals surface area contributed by atoms with Crippen LogP contribution in [0.25, 0.3) is 16.7 Å². The number of fused-ring (bicyclic) bond motifs is 2. The first-order chi connectivity index (χ1) is 20.4. The van der Waals surface area contributed by atoms with Crippen molar-refractivity contribution >= 4 is 29.2 Å². The van der Waals surface area contributed by atoms with E-state index in [4.69, 9.17) is 9.98 Å². The van der Waals surface area contributed by atoms with Crippen LogP contribution in [0.15, 0.2) is 77.0 Å². The highest BCUT2D eigenvalue weighted by Crippen LogP contribution is 2.43. The smallest absolute Gasteiger partial charge is 0.227 e. The van der Waals surface area contributed by atoms with Crippen molar-refractivity contribution < 1.29 is 9.18 Å². The number of hydrogen-bond acceptors (Lipinski definition) is 5. The van der Waals surface area contributed by atoms with Gasteiger partial charge in [0.25, 0.3) is 0 Å². The number of imidazole rings is 1. The van der Waals surface area contributed by atoms with Gasteiger partial charge in [-0.1, -0.05) is 42.8 Å². The van der Waals surface area contributed by atoms with Gasteiger partial charge < -0.3 is 10.3 Å². The summed E-state index contributed by atoms with van der Waals surface area (Å²) in [5.41, 5.74) is 7.90. The number of aromatic amines is 1. The number of aliphatic imine (C=N–C) groups is 2. The molecule has 210 valence electrons. The molecule has 1 amide bonds. The van der Waals surface area contributed by atoms with E-state index in [1.54, 1.807) is 24.8 Å². The maximum absolute atomic E-state index is 15.1. The minimum atomic E-state index is -0.606. The number of rotatable bonds is 5. The molecule has 0 saturated heterocycles. The molecule has 8 heteroatoms. The predicted molar refractivity (Wildman–Crippen MR) is 163 cm³/mol. The van der Waals surface area contributed by atoms with E-state index >= 15 is 4.39 Å². The van der Waals surface area contributed by atoms with Gasteiger partial charge in [-0.3, -0.25) is 14.8 Å². The molecule has 42 heavy (non-hydrogen) atoms. The fourth-order valence-corrected chi connectivity index (χ4v) is 6.07. The Balaban J connectivity index is 1.28. The quantitative estimate of drug-likeness (QED) is 0.281. The van der Waals surface area contributed by atoms with Crippen molar-refractivity contribution in [3.05, 3.63) is 107 Å². The van der Waals surface area contributed by atoms with E-state index in [0.717, 1.165) is 58.5 Å². The summed E-state index contributed by atoms with van der Waals surface area (Å²) in [6.45, 7) is 4.59. The number of pyridine rings is 1. The van der Waals surface area contributed by atoms with Crippen molar-refractivity contribution in [2.75, 3.05) is 5.32 Å². The molecular formula is C34H31FN6O. The van der Waals surface area contributed by atoms with Crippen LogP contribution in [0.3, 0.4) is 0 Å². The Morgan fingerprint density at radius 2 is 1.95 bits per heavy atom. The first-order valence-corrected chi connectivity index (χ1v) is 14.4. The molecule has 0 bridgehead atoms. The van der Waals surface area contributed by atoms with E-state index in [9.17, 15) is 4.79 Å². The monoisotopic (exact) mass is 558 g/mol. The third-order valence-corrected chi connectivity index (χ3v) is 8.85. The van der Waals surface area contributed by atoms with Gasteiger partial charge in [-0.15, -0.1) is 0 Å². The number of allylic oxidation sites excluding steroid dienone is 2. The number of carbonyl (C=O) groups is 1. The molecule has 1 atom stereocenters. The molecule has 0 spiro atoms. The highest BCUT2D eigenvalue weighted by Gasteiger charge is 2.38. The van der Waals surface area contributed by atoms with Crippen LogP contribution >= 0.6 is 0 Å². The topological polar surface area (TPSA) is 95.4 Å². The number of nitrogens with one attached hydrogen (secondary N) is 2. The van der Waals surface area contributed by atoms with E-state index in [-0.39, 0.29) is 17.6 Å². The number of benzene rings is 2. The second-order valence-corrected chi connectivity index (χ2v) is 11.6. The van der Waals surface area contributed by atoms with Crippen LogP contribution in [0.1, 0.15) is 73.4 Å². The minimum Gasteiger partial charge on any atom is -0.339 e. The van der Waals surface area contributed by atoms with E-state index in [0.29, 0.717) is 35.8 Å². The molecule has 3 aliphatic rings. The molecule has 1 aliphatic heterocycles. The van der Waals surface area contributed by atoms with Gasteiger partial charge in [-0.25, -0.2) is 14.4 Å². The number of nitrogens with zero attached hydrogens (tertiary/aromatic N) is 4. The van der Waals surface area contributed by atoms with E-state index in [2.05, 4.69) is 45.4 Å². The molecule has 2 N–H and O–H groups in total. The fourth-order valence-electron chi connectivity index (χ4n) is 6.07. The Bertz CT molecular complexity index is 1810. The molecular weight excluding hydrogens is 527 g/mol. The lowest BCUT2D eigenvalue weighted by atomic mass is 9.72. The number of amides is 1. The summed E-state index contributed by atoms with van der Waals surface area (Å²) in [6.07, 6.45) is 10.8. The zero-order valence-corrected chi connectivity index (χ0v) is 23.6. The van der Waals surface area contributed by atoms with Crippen molar-refractivity contribution in [1.82, 2.24) is 15.0 Å². The molecule has 0 radical (unpaired) electrons. The third-order valence-electron chi connectivity index (χ3n) is 8.85. The molecule has 4 aromatic rings. The Morgan fingerprint density at radius 3 is 2.76 bits per heavy atom. The summed E-state index contributed by atoms with van der Waals surface area (Å²) in [7, 11) is 0. The SMILES string of the molecule is CC1=CCC(C)(c2ccccc2F)c2[nH]c(C3=NC=NCc4ccc(-c5cncc(NC(=O)C6CCC6)c5)cc43)nc21. The molecule has 1 unspecified atom stereocenters. The van der Waals surface area contributed by atoms with Crippen LogP contribution < -0.4 is 5.32 Å². The Kier molecular flexibility index (Phi) is 6.41. The van der Waals surface area contributed by atoms with Gasteiger partial charge in [0.1, 0.15) is 17.9 Å². The highest BCUT2D eigenvalue weighted by molar-refractivity contribution is 6.15. The predicted octanol–water partition coefficient (Wildman–Crippen LogP) is 6.84. The number of anilines is 1. The summed E-state index contributed by atoms with van der Waals surface area (Å²) in [6, 6.07) is 15.1. The standard InChI is InChI=1S/C34H31FN6O/c1-20-12-13-34(2,27-8-3-4-9-28(27)35)31-29(20)40-32(41-31)30-26-15-22(10-11-23(26)16-37-19-38-30)24-14-25(18-36-17-24)39-33(42)21-6-5-7-21/h3-4,8-12,14-15,17-19,21H,5-7,13,16H2,1-2H3,(H,39,42)(H,40,41). The lowest BCUT2D eigenvalue weighted by Gasteiger charge is -2.32. The van der Waals surface area contributed by atoms with E-state index in [1.807, 2.05) is 31.2 Å². The van der Waals surface area contributed by atoms with Gasteiger partial charge in [0, 0.05) is 28.7 Å². The van der Waals surface area contributed by atoms with Crippen LogP contribution in [0.2, 0.25) is 0 Å². The van der Waals surface area contributed by atoms with Crippen LogP contribution in [-0.2, 0) is 16.8 Å². The maximum atomic E-state index is 15.1. The van der Waals surface area contributed by atoms with Gasteiger partial charge >= 0.3 is 0 Å². The van der Waals surface area contributed by atoms with Gasteiger partial charge in [0.15, 0.2) is 5.82 Å². The summed E-state index contributed by atoms with van der Waals surface area (Å²) in [5, 5.41) is 3.03. The number of carbonyl (C=O) groups excluding carboxylic acids is 1. The normalized spacial score (nSPS) is 19.6. The second kappa shape index (κ2) is 10.3. The van der Waals surface area contributed by atoms with E-state index < -0.39 is 5.41 Å². The number of halogens is 1. The average Bonchev–Trinajstić information content (AvgIpc) is 3.31. The minimum absolute atomic E-state index is 0.0576. The summed E-state index contributed by atoms with van der Waals surface area (Å²) in [5.74, 6) is 0.535. The lowest BCUT2D eigenvalue weighted by molar-refractivity contribution is -0.122. The summed E-state index contributed by atoms with van der Waals surface area (Å²) >= 11 is 0. The number of hydrogen-bond donors (Lipinski definition) is 2. The maximum Gasteiger partial charge on any atom is 0.227 e. The van der Waals surface area contributed by atoms with Gasteiger partial charge in [-0.05, 0) is 73.6 Å². The third kappa shape index (κ3) is 4.47. The van der Waals surface area contributed by atoms with Crippen molar-refractivity contribution in [3.8, 4) is 11.1 Å². The first kappa shape index (κ1) is 26.2. The van der Waals surface area contributed by atoms with E-state index in [1.165, 1.54) is 6.07 Å². The van der Waals surface area contributed by atoms with Crippen molar-refractivity contribution in [2.45, 2.75) is 51.5 Å². The van der Waals surface area contributed by atoms with Crippen LogP contribution in [0, 0.1) is 11.7 Å². The van der Waals surface area contributed by atoms with Crippen molar-refractivity contribution in [3.63, 3.8) is 0 Å². The number of aromatic nitrogens is 3. The highest BCUT2D eigenvalue weighted by atomic mass is 19.1. The Morgan fingerprint density at radius 1 is 1.10 bits per heavy atom. The average molecular weight is 559 g/mol. The molecule has 1 fully saturated rings. The lowest BCUT2D eigenvalue weighted by Crippen LogP contribution is -2.28. The first-order valence-electron chi connectivity index (χ1n) is 14.4. The Hall–Kier alpha value is -4.72. The molecule has 2 aliphatic carbocycles. The molecule has 1 saturated carbocycles. The van der Waals surface area contributed by atoms with Crippen LogP contribution in [-0.4, -0.2) is 32.9 Å².